The van der Waals surface area contributed by atoms with Gasteiger partial charge in [-0.1, -0.05) is 12.1 Å². The van der Waals surface area contributed by atoms with E-state index < -0.39 is 0 Å². The Morgan fingerprint density at radius 1 is 1.47 bits per heavy atom. The van der Waals surface area contributed by atoms with Gasteiger partial charge in [-0.25, -0.2) is 4.79 Å². The third kappa shape index (κ3) is 3.82. The molecule has 1 aromatic rings. The third-order valence-electron chi connectivity index (χ3n) is 2.85. The molecule has 0 amide bonds. The Labute approximate surface area is 117 Å². The van der Waals surface area contributed by atoms with Crippen molar-refractivity contribution in [3.8, 4) is 5.75 Å². The highest BCUT2D eigenvalue weighted by Crippen LogP contribution is 2.11. The zero-order chi connectivity index (χ0) is 13.7. The molecule has 6 heteroatoms. The molecule has 2 rings (SSSR count). The van der Waals surface area contributed by atoms with Gasteiger partial charge in [0.25, 0.3) is 0 Å². The first-order valence-corrected chi connectivity index (χ1v) is 6.44. The minimum atomic E-state index is -0.323. The Morgan fingerprint density at radius 3 is 2.79 bits per heavy atom. The zero-order valence-corrected chi connectivity index (χ0v) is 11.5. The number of carbonyl (C=O) groups is 1. The van der Waals surface area contributed by atoms with Crippen molar-refractivity contribution in [2.75, 3.05) is 13.7 Å². The van der Waals surface area contributed by atoms with Gasteiger partial charge in [-0.2, -0.15) is 0 Å². The van der Waals surface area contributed by atoms with Gasteiger partial charge in [0.2, 0.25) is 0 Å². The standard InChI is InChI=1S/C13H16N2O3S/c1-17-10-4-2-9(3-5-10)8-14-13(19)15-11-6-7-18-12(11)16/h2-5,11H,6-8H2,1H3,(H2,14,15,19)/t11-/m0/s1. The Balaban J connectivity index is 1.77. The lowest BCUT2D eigenvalue weighted by Crippen LogP contribution is -2.43. The molecule has 0 spiro atoms. The summed E-state index contributed by atoms with van der Waals surface area (Å²) in [7, 11) is 1.63. The van der Waals surface area contributed by atoms with E-state index in [-0.39, 0.29) is 12.0 Å². The number of methoxy groups -OCH3 is 1. The molecule has 1 aliphatic heterocycles. The smallest absolute Gasteiger partial charge is 0.328 e. The van der Waals surface area contributed by atoms with Crippen LogP contribution in [0.4, 0.5) is 0 Å². The first kappa shape index (κ1) is 13.6. The van der Waals surface area contributed by atoms with Gasteiger partial charge in [-0.05, 0) is 29.9 Å². The first-order valence-electron chi connectivity index (χ1n) is 6.03. The second-order valence-electron chi connectivity index (χ2n) is 4.18. The van der Waals surface area contributed by atoms with E-state index in [9.17, 15) is 4.79 Å². The first-order chi connectivity index (χ1) is 9.19. The fourth-order valence-corrected chi connectivity index (χ4v) is 1.98. The topological polar surface area (TPSA) is 59.6 Å². The molecule has 1 atom stereocenters. The molecule has 2 N–H and O–H groups in total. The summed E-state index contributed by atoms with van der Waals surface area (Å²) in [5, 5.41) is 6.46. The van der Waals surface area contributed by atoms with Crippen molar-refractivity contribution < 1.29 is 14.3 Å². The lowest BCUT2D eigenvalue weighted by molar-refractivity contribution is -0.139. The van der Waals surface area contributed by atoms with Gasteiger partial charge in [0.1, 0.15) is 11.8 Å². The third-order valence-corrected chi connectivity index (χ3v) is 3.12. The van der Waals surface area contributed by atoms with Crippen LogP contribution in [0.15, 0.2) is 24.3 Å². The van der Waals surface area contributed by atoms with Gasteiger partial charge in [0.15, 0.2) is 5.11 Å². The molecule has 0 saturated carbocycles. The van der Waals surface area contributed by atoms with Gasteiger partial charge < -0.3 is 20.1 Å². The van der Waals surface area contributed by atoms with E-state index in [4.69, 9.17) is 21.7 Å². The Hall–Kier alpha value is -1.82. The molecule has 1 heterocycles. The summed E-state index contributed by atoms with van der Waals surface area (Å²) in [4.78, 5) is 11.3. The number of benzene rings is 1. The number of carbonyl (C=O) groups excluding carboxylic acids is 1. The van der Waals surface area contributed by atoms with Crippen LogP contribution < -0.4 is 15.4 Å². The van der Waals surface area contributed by atoms with Crippen LogP contribution in [0, 0.1) is 0 Å². The molecule has 0 radical (unpaired) electrons. The highest BCUT2D eigenvalue weighted by molar-refractivity contribution is 7.80. The number of thiocarbonyl (C=S) groups is 1. The van der Waals surface area contributed by atoms with Gasteiger partial charge in [0, 0.05) is 13.0 Å². The highest BCUT2D eigenvalue weighted by atomic mass is 32.1. The summed E-state index contributed by atoms with van der Waals surface area (Å²) in [6.45, 7) is 1.05. The summed E-state index contributed by atoms with van der Waals surface area (Å²) >= 11 is 5.14. The van der Waals surface area contributed by atoms with Crippen LogP contribution >= 0.6 is 12.2 Å². The molecular weight excluding hydrogens is 264 g/mol. The average Bonchev–Trinajstić information content (AvgIpc) is 2.82. The van der Waals surface area contributed by atoms with Crippen molar-refractivity contribution in [1.29, 1.82) is 0 Å². The predicted octanol–water partition coefficient (Wildman–Crippen LogP) is 0.975. The van der Waals surface area contributed by atoms with Crippen LogP contribution in [0.3, 0.4) is 0 Å². The van der Waals surface area contributed by atoms with E-state index in [0.717, 1.165) is 11.3 Å². The van der Waals surface area contributed by atoms with Crippen molar-refractivity contribution in [1.82, 2.24) is 10.6 Å². The van der Waals surface area contributed by atoms with E-state index in [1.807, 2.05) is 24.3 Å². The van der Waals surface area contributed by atoms with Crippen LogP contribution in [0.25, 0.3) is 0 Å². The molecule has 0 bridgehead atoms. The Bertz CT molecular complexity index is 461. The normalized spacial score (nSPS) is 17.7. The van der Waals surface area contributed by atoms with Crippen molar-refractivity contribution in [3.05, 3.63) is 29.8 Å². The summed E-state index contributed by atoms with van der Waals surface area (Å²) in [5.41, 5.74) is 1.08. The molecule has 1 fully saturated rings. The predicted molar refractivity (Wildman–Crippen MR) is 74.9 cm³/mol. The number of nitrogens with one attached hydrogen (secondary N) is 2. The maximum absolute atomic E-state index is 11.3. The number of hydrogen-bond donors (Lipinski definition) is 2. The van der Waals surface area contributed by atoms with E-state index in [2.05, 4.69) is 10.6 Å². The molecule has 1 saturated heterocycles. The van der Waals surface area contributed by atoms with Crippen LogP contribution in [0.2, 0.25) is 0 Å². The molecule has 19 heavy (non-hydrogen) atoms. The molecule has 0 aromatic heterocycles. The Morgan fingerprint density at radius 2 is 2.21 bits per heavy atom. The maximum atomic E-state index is 11.3. The van der Waals surface area contributed by atoms with Crippen molar-refractivity contribution >= 4 is 23.3 Å². The van der Waals surface area contributed by atoms with Crippen molar-refractivity contribution in [2.45, 2.75) is 19.0 Å². The fourth-order valence-electron chi connectivity index (χ4n) is 1.76. The largest absolute Gasteiger partial charge is 0.497 e. The van der Waals surface area contributed by atoms with Crippen LogP contribution in [0.5, 0.6) is 5.75 Å². The molecule has 0 aliphatic carbocycles. The van der Waals surface area contributed by atoms with Crippen LogP contribution in [0.1, 0.15) is 12.0 Å². The van der Waals surface area contributed by atoms with Gasteiger partial charge in [-0.3, -0.25) is 0 Å². The molecule has 1 aliphatic rings. The van der Waals surface area contributed by atoms with Crippen molar-refractivity contribution in [3.63, 3.8) is 0 Å². The quantitative estimate of drug-likeness (QED) is 0.633. The monoisotopic (exact) mass is 280 g/mol. The summed E-state index contributed by atoms with van der Waals surface area (Å²) in [6, 6.07) is 7.37. The second-order valence-corrected chi connectivity index (χ2v) is 4.59. The fraction of sp³-hybridized carbons (Fsp3) is 0.385. The van der Waals surface area contributed by atoms with Gasteiger partial charge in [0.05, 0.1) is 13.7 Å². The number of esters is 1. The molecule has 0 unspecified atom stereocenters. The van der Waals surface area contributed by atoms with Gasteiger partial charge in [-0.15, -0.1) is 0 Å². The molecule has 5 nitrogen and oxygen atoms in total. The molecule has 102 valence electrons. The number of hydrogen-bond acceptors (Lipinski definition) is 4. The summed E-state index contributed by atoms with van der Waals surface area (Å²) < 4.78 is 9.94. The van der Waals surface area contributed by atoms with Gasteiger partial charge >= 0.3 is 5.97 Å². The summed E-state index contributed by atoms with van der Waals surface area (Å²) in [6.07, 6.45) is 0.656. The van der Waals surface area contributed by atoms with Crippen molar-refractivity contribution in [2.24, 2.45) is 0 Å². The van der Waals surface area contributed by atoms with E-state index in [1.165, 1.54) is 0 Å². The number of rotatable bonds is 4. The minimum absolute atomic E-state index is 0.242. The number of ether oxygens (including phenoxy) is 2. The SMILES string of the molecule is COc1ccc(CNC(=S)N[C@H]2CCOC2=O)cc1. The maximum Gasteiger partial charge on any atom is 0.328 e. The molecular formula is C13H16N2O3S. The number of cyclic esters (lactones) is 1. The molecule has 1 aromatic carbocycles. The van der Waals surface area contributed by atoms with E-state index >= 15 is 0 Å². The Kier molecular flexibility index (Phi) is 4.57. The lowest BCUT2D eigenvalue weighted by atomic mass is 10.2. The second kappa shape index (κ2) is 6.38. The zero-order valence-electron chi connectivity index (χ0n) is 10.6. The van der Waals surface area contributed by atoms with Crippen LogP contribution in [-0.2, 0) is 16.1 Å². The summed E-state index contributed by atoms with van der Waals surface area (Å²) in [5.74, 6) is 0.576. The minimum Gasteiger partial charge on any atom is -0.497 e. The van der Waals surface area contributed by atoms with E-state index in [1.54, 1.807) is 7.11 Å². The lowest BCUT2D eigenvalue weighted by Gasteiger charge is -2.13. The average molecular weight is 280 g/mol. The highest BCUT2D eigenvalue weighted by Gasteiger charge is 2.26. The van der Waals surface area contributed by atoms with E-state index in [0.29, 0.717) is 24.7 Å². The van der Waals surface area contributed by atoms with Crippen LogP contribution in [-0.4, -0.2) is 30.8 Å².